The minimum absolute atomic E-state index is 0.109. The van der Waals surface area contributed by atoms with Gasteiger partial charge in [-0.2, -0.15) is 0 Å². The maximum absolute atomic E-state index is 12.1. The number of nitrogens with zero attached hydrogens (tertiary/aromatic N) is 1. The number of aliphatic carboxylic acids is 1. The highest BCUT2D eigenvalue weighted by Crippen LogP contribution is 2.18. The first kappa shape index (κ1) is 15.0. The number of carboxylic acids is 1. The minimum atomic E-state index is -1.13. The van der Waals surface area contributed by atoms with Crippen LogP contribution in [0.2, 0.25) is 0 Å². The van der Waals surface area contributed by atoms with Gasteiger partial charge in [0, 0.05) is 28.5 Å². The molecule has 0 aliphatic rings. The van der Waals surface area contributed by atoms with Gasteiger partial charge in [0.25, 0.3) is 5.91 Å². The highest BCUT2D eigenvalue weighted by molar-refractivity contribution is 9.10. The zero-order valence-corrected chi connectivity index (χ0v) is 12.4. The number of carbonyl (C=O) groups excluding carboxylic acids is 1. The van der Waals surface area contributed by atoms with Crippen molar-refractivity contribution in [3.05, 3.63) is 46.5 Å². The number of nitrogen functional groups attached to an aromatic ring is 1. The average molecular weight is 353 g/mol. The third kappa shape index (κ3) is 3.82. The molecule has 0 saturated carbocycles. The molecule has 1 aromatic carbocycles. The molecule has 0 spiro atoms. The van der Waals surface area contributed by atoms with Crippen LogP contribution in [0.3, 0.4) is 0 Å². The van der Waals surface area contributed by atoms with E-state index in [9.17, 15) is 14.7 Å². The summed E-state index contributed by atoms with van der Waals surface area (Å²) in [6, 6.07) is 3.71. The van der Waals surface area contributed by atoms with E-state index in [-0.39, 0.29) is 17.7 Å². The number of benzene rings is 1. The molecule has 0 saturated heterocycles. The fourth-order valence-corrected chi connectivity index (χ4v) is 2.17. The summed E-state index contributed by atoms with van der Waals surface area (Å²) in [5.41, 5.74) is 6.87. The summed E-state index contributed by atoms with van der Waals surface area (Å²) in [5, 5.41) is 11.6. The highest BCUT2D eigenvalue weighted by Gasteiger charge is 2.22. The van der Waals surface area contributed by atoms with Crippen LogP contribution in [-0.4, -0.2) is 33.0 Å². The zero-order chi connectivity index (χ0) is 15.4. The van der Waals surface area contributed by atoms with Crippen molar-refractivity contribution >= 4 is 33.5 Å². The van der Waals surface area contributed by atoms with Crippen LogP contribution in [-0.2, 0) is 11.2 Å². The van der Waals surface area contributed by atoms with Crippen LogP contribution in [0.5, 0.6) is 0 Å². The molecular weight excluding hydrogens is 340 g/mol. The SMILES string of the molecule is Nc1cc(Br)ccc1C(=O)NC(Cc1cnc[nH]1)C(=O)O. The molecule has 0 fully saturated rings. The lowest BCUT2D eigenvalue weighted by Crippen LogP contribution is -2.42. The summed E-state index contributed by atoms with van der Waals surface area (Å²) in [6.07, 6.45) is 3.07. The van der Waals surface area contributed by atoms with Crippen LogP contribution in [0, 0.1) is 0 Å². The second kappa shape index (κ2) is 6.40. The molecule has 1 atom stereocenters. The third-order valence-corrected chi connectivity index (χ3v) is 3.33. The highest BCUT2D eigenvalue weighted by atomic mass is 79.9. The third-order valence-electron chi connectivity index (χ3n) is 2.84. The first-order valence-electron chi connectivity index (χ1n) is 6.03. The number of rotatable bonds is 5. The number of H-pyrrole nitrogens is 1. The number of aromatic nitrogens is 2. The van der Waals surface area contributed by atoms with Gasteiger partial charge in [-0.1, -0.05) is 15.9 Å². The molecule has 1 aromatic heterocycles. The number of nitrogens with one attached hydrogen (secondary N) is 2. The Labute approximate surface area is 128 Å². The number of aromatic amines is 1. The predicted molar refractivity (Wildman–Crippen MR) is 79.7 cm³/mol. The molecule has 0 aliphatic carbocycles. The topological polar surface area (TPSA) is 121 Å². The molecule has 7 nitrogen and oxygen atoms in total. The van der Waals surface area contributed by atoms with Crippen molar-refractivity contribution in [1.29, 1.82) is 0 Å². The molecule has 110 valence electrons. The van der Waals surface area contributed by atoms with E-state index in [2.05, 4.69) is 31.2 Å². The van der Waals surface area contributed by atoms with Gasteiger partial charge < -0.3 is 21.1 Å². The Hall–Kier alpha value is -2.35. The van der Waals surface area contributed by atoms with Gasteiger partial charge in [-0.15, -0.1) is 0 Å². The Bertz CT molecular complexity index is 657. The second-order valence-corrected chi connectivity index (χ2v) is 5.29. The van der Waals surface area contributed by atoms with E-state index in [0.717, 1.165) is 4.47 Å². The monoisotopic (exact) mass is 352 g/mol. The summed E-state index contributed by atoms with van der Waals surface area (Å²) >= 11 is 3.24. The van der Waals surface area contributed by atoms with Gasteiger partial charge in [0.15, 0.2) is 0 Å². The molecule has 1 heterocycles. The van der Waals surface area contributed by atoms with Gasteiger partial charge >= 0.3 is 5.97 Å². The van der Waals surface area contributed by atoms with Crippen molar-refractivity contribution in [2.24, 2.45) is 0 Å². The smallest absolute Gasteiger partial charge is 0.326 e. The van der Waals surface area contributed by atoms with E-state index < -0.39 is 17.9 Å². The number of amides is 1. The average Bonchev–Trinajstić information content (AvgIpc) is 2.90. The van der Waals surface area contributed by atoms with Crippen LogP contribution < -0.4 is 11.1 Å². The number of carboxylic acid groups (broad SMARTS) is 1. The molecule has 21 heavy (non-hydrogen) atoms. The van der Waals surface area contributed by atoms with Crippen molar-refractivity contribution in [2.45, 2.75) is 12.5 Å². The van der Waals surface area contributed by atoms with E-state index >= 15 is 0 Å². The summed E-state index contributed by atoms with van der Waals surface area (Å²) < 4.78 is 0.740. The second-order valence-electron chi connectivity index (χ2n) is 4.38. The Morgan fingerprint density at radius 2 is 2.24 bits per heavy atom. The molecule has 1 unspecified atom stereocenters. The maximum Gasteiger partial charge on any atom is 0.326 e. The van der Waals surface area contributed by atoms with Gasteiger partial charge in [0.2, 0.25) is 0 Å². The van der Waals surface area contributed by atoms with E-state index in [1.54, 1.807) is 12.1 Å². The van der Waals surface area contributed by atoms with Crippen LogP contribution in [0.1, 0.15) is 16.1 Å². The molecule has 1 amide bonds. The first-order chi connectivity index (χ1) is 9.97. The molecule has 0 aliphatic heterocycles. The number of imidazole rings is 1. The number of nitrogens with two attached hydrogens (primary N) is 1. The van der Waals surface area contributed by atoms with E-state index in [1.807, 2.05) is 0 Å². The number of halogens is 1. The largest absolute Gasteiger partial charge is 0.480 e. The normalized spacial score (nSPS) is 11.9. The number of carbonyl (C=O) groups is 2. The lowest BCUT2D eigenvalue weighted by atomic mass is 10.1. The molecule has 2 aromatic rings. The summed E-state index contributed by atoms with van der Waals surface area (Å²) in [6.45, 7) is 0. The van der Waals surface area contributed by atoms with E-state index in [4.69, 9.17) is 5.73 Å². The lowest BCUT2D eigenvalue weighted by molar-refractivity contribution is -0.139. The Morgan fingerprint density at radius 3 is 2.81 bits per heavy atom. The van der Waals surface area contributed by atoms with Crippen molar-refractivity contribution in [2.75, 3.05) is 5.73 Å². The van der Waals surface area contributed by atoms with Gasteiger partial charge in [-0.25, -0.2) is 9.78 Å². The van der Waals surface area contributed by atoms with Gasteiger partial charge in [-0.3, -0.25) is 4.79 Å². The van der Waals surface area contributed by atoms with Gasteiger partial charge in [0.05, 0.1) is 11.9 Å². The standard InChI is InChI=1S/C13H13BrN4O3/c14-7-1-2-9(10(15)3-7)12(19)18-11(13(20)21)4-8-5-16-6-17-8/h1-3,5-6,11H,4,15H2,(H,16,17)(H,18,19)(H,20,21). The van der Waals surface area contributed by atoms with Crippen molar-refractivity contribution in [3.8, 4) is 0 Å². The van der Waals surface area contributed by atoms with Gasteiger partial charge in [0.1, 0.15) is 6.04 Å². The maximum atomic E-state index is 12.1. The first-order valence-corrected chi connectivity index (χ1v) is 6.82. The molecule has 5 N–H and O–H groups in total. The molecule has 8 heteroatoms. The van der Waals surface area contributed by atoms with E-state index in [1.165, 1.54) is 18.6 Å². The molecule has 0 radical (unpaired) electrons. The summed E-state index contributed by atoms with van der Waals surface area (Å²) in [7, 11) is 0. The number of hydrogen-bond acceptors (Lipinski definition) is 4. The quantitative estimate of drug-likeness (QED) is 0.602. The Kier molecular flexibility index (Phi) is 4.59. The Morgan fingerprint density at radius 1 is 1.48 bits per heavy atom. The fourth-order valence-electron chi connectivity index (χ4n) is 1.79. The van der Waals surface area contributed by atoms with Crippen LogP contribution in [0.25, 0.3) is 0 Å². The van der Waals surface area contributed by atoms with Crippen LogP contribution in [0.15, 0.2) is 35.2 Å². The number of anilines is 1. The van der Waals surface area contributed by atoms with Crippen molar-refractivity contribution in [3.63, 3.8) is 0 Å². The summed E-state index contributed by atoms with van der Waals surface area (Å²) in [5.74, 6) is -1.67. The number of hydrogen-bond donors (Lipinski definition) is 4. The van der Waals surface area contributed by atoms with Crippen molar-refractivity contribution < 1.29 is 14.7 Å². The van der Waals surface area contributed by atoms with Crippen molar-refractivity contribution in [1.82, 2.24) is 15.3 Å². The zero-order valence-electron chi connectivity index (χ0n) is 10.8. The van der Waals surface area contributed by atoms with E-state index in [0.29, 0.717) is 5.69 Å². The molecule has 0 bridgehead atoms. The molecular formula is C13H13BrN4O3. The predicted octanol–water partition coefficient (Wildman–Crippen LogP) is 1.18. The lowest BCUT2D eigenvalue weighted by Gasteiger charge is -2.14. The molecule has 2 rings (SSSR count). The van der Waals surface area contributed by atoms with Crippen LogP contribution >= 0.6 is 15.9 Å². The Balaban J connectivity index is 2.12. The fraction of sp³-hybridized carbons (Fsp3) is 0.154. The van der Waals surface area contributed by atoms with Crippen LogP contribution in [0.4, 0.5) is 5.69 Å². The summed E-state index contributed by atoms with van der Waals surface area (Å²) in [4.78, 5) is 30.0. The van der Waals surface area contributed by atoms with Gasteiger partial charge in [-0.05, 0) is 18.2 Å². The minimum Gasteiger partial charge on any atom is -0.480 e.